The van der Waals surface area contributed by atoms with E-state index in [4.69, 9.17) is 4.98 Å². The number of anilines is 1. The Bertz CT molecular complexity index is 479. The molecule has 3 heterocycles. The Labute approximate surface area is 121 Å². The minimum atomic E-state index is 0.679. The van der Waals surface area contributed by atoms with Gasteiger partial charge in [-0.25, -0.2) is 4.98 Å². The van der Waals surface area contributed by atoms with Gasteiger partial charge in [0.1, 0.15) is 0 Å². The topological polar surface area (TPSA) is 33.1 Å². The second kappa shape index (κ2) is 4.76. The highest BCUT2D eigenvalue weighted by atomic mass is 15.3. The maximum atomic E-state index is 4.86. The zero-order valence-corrected chi connectivity index (χ0v) is 12.7. The van der Waals surface area contributed by atoms with Gasteiger partial charge in [0.15, 0.2) is 0 Å². The zero-order chi connectivity index (χ0) is 13.7. The van der Waals surface area contributed by atoms with Gasteiger partial charge in [-0.05, 0) is 52.4 Å². The molecule has 2 unspecified atom stereocenters. The van der Waals surface area contributed by atoms with Crippen LogP contribution in [0, 0.1) is 6.92 Å². The van der Waals surface area contributed by atoms with Crippen molar-refractivity contribution in [1.82, 2.24) is 14.9 Å². The molecule has 0 spiro atoms. The molecule has 1 saturated carbocycles. The number of hydrogen-bond acceptors (Lipinski definition) is 3. The smallest absolute Gasteiger partial charge is 0.206 e. The van der Waals surface area contributed by atoms with E-state index < -0.39 is 0 Å². The van der Waals surface area contributed by atoms with Gasteiger partial charge in [0.05, 0.1) is 5.69 Å². The lowest BCUT2D eigenvalue weighted by Crippen LogP contribution is -2.49. The van der Waals surface area contributed by atoms with Crippen molar-refractivity contribution in [2.75, 3.05) is 11.4 Å². The molecule has 2 saturated heterocycles. The Morgan fingerprint density at radius 1 is 1.25 bits per heavy atom. The third-order valence-corrected chi connectivity index (χ3v) is 5.26. The first-order chi connectivity index (χ1) is 9.74. The number of nitrogens with one attached hydrogen (secondary N) is 1. The van der Waals surface area contributed by atoms with Crippen LogP contribution >= 0.6 is 0 Å². The number of fused-ring (bicyclic) bond motifs is 2. The van der Waals surface area contributed by atoms with Crippen molar-refractivity contribution < 1.29 is 0 Å². The van der Waals surface area contributed by atoms with Crippen molar-refractivity contribution in [3.63, 3.8) is 0 Å². The van der Waals surface area contributed by atoms with Gasteiger partial charge in [-0.1, -0.05) is 0 Å². The van der Waals surface area contributed by atoms with E-state index in [9.17, 15) is 0 Å². The van der Waals surface area contributed by atoms with Crippen molar-refractivity contribution in [3.05, 3.63) is 11.9 Å². The van der Waals surface area contributed by atoms with E-state index in [-0.39, 0.29) is 0 Å². The molecule has 1 aromatic rings. The summed E-state index contributed by atoms with van der Waals surface area (Å²) in [5.41, 5.74) is 1.17. The van der Waals surface area contributed by atoms with Crippen molar-refractivity contribution in [3.8, 4) is 0 Å². The number of imidazole rings is 1. The second-order valence-electron chi connectivity index (χ2n) is 6.87. The lowest BCUT2D eigenvalue weighted by Gasteiger charge is -2.38. The highest BCUT2D eigenvalue weighted by molar-refractivity contribution is 5.37. The van der Waals surface area contributed by atoms with E-state index in [0.29, 0.717) is 6.04 Å². The lowest BCUT2D eigenvalue weighted by molar-refractivity contribution is 0.345. The van der Waals surface area contributed by atoms with Gasteiger partial charge in [0.2, 0.25) is 5.95 Å². The Balaban J connectivity index is 1.61. The minimum Gasteiger partial charge on any atom is -0.339 e. The van der Waals surface area contributed by atoms with Crippen molar-refractivity contribution >= 4 is 5.95 Å². The summed E-state index contributed by atoms with van der Waals surface area (Å²) >= 11 is 0. The summed E-state index contributed by atoms with van der Waals surface area (Å²) in [6.45, 7) is 5.49. The van der Waals surface area contributed by atoms with E-state index in [1.807, 2.05) is 0 Å². The van der Waals surface area contributed by atoms with Crippen LogP contribution < -0.4 is 10.2 Å². The molecule has 3 aliphatic rings. The molecule has 2 bridgehead atoms. The fourth-order valence-corrected chi connectivity index (χ4v) is 4.18. The van der Waals surface area contributed by atoms with E-state index >= 15 is 0 Å². The van der Waals surface area contributed by atoms with Crippen molar-refractivity contribution in [2.24, 2.45) is 0 Å². The average Bonchev–Trinajstić information content (AvgIpc) is 3.14. The molecule has 0 aromatic carbocycles. The Hall–Kier alpha value is -1.03. The van der Waals surface area contributed by atoms with Crippen LogP contribution in [0.4, 0.5) is 5.95 Å². The predicted molar refractivity (Wildman–Crippen MR) is 81.2 cm³/mol. The summed E-state index contributed by atoms with van der Waals surface area (Å²) in [6, 6.07) is 2.90. The Morgan fingerprint density at radius 2 is 1.95 bits per heavy atom. The van der Waals surface area contributed by atoms with Crippen LogP contribution in [-0.2, 0) is 0 Å². The molecule has 20 heavy (non-hydrogen) atoms. The summed E-state index contributed by atoms with van der Waals surface area (Å²) in [5, 5.41) is 3.75. The van der Waals surface area contributed by atoms with Crippen molar-refractivity contribution in [1.29, 1.82) is 0 Å². The largest absolute Gasteiger partial charge is 0.339 e. The van der Waals surface area contributed by atoms with Gasteiger partial charge < -0.3 is 14.8 Å². The zero-order valence-electron chi connectivity index (χ0n) is 12.7. The van der Waals surface area contributed by atoms with Gasteiger partial charge in [-0.2, -0.15) is 0 Å². The summed E-state index contributed by atoms with van der Waals surface area (Å²) < 4.78 is 2.45. The summed E-state index contributed by atoms with van der Waals surface area (Å²) in [7, 11) is 0. The fourth-order valence-electron chi connectivity index (χ4n) is 4.18. The number of rotatable bonds is 4. The third kappa shape index (κ3) is 2.14. The molecule has 4 rings (SSSR count). The van der Waals surface area contributed by atoms with E-state index in [1.54, 1.807) is 0 Å². The molecular formula is C16H26N4. The van der Waals surface area contributed by atoms with Gasteiger partial charge in [0.25, 0.3) is 0 Å². The van der Waals surface area contributed by atoms with Crippen LogP contribution in [-0.4, -0.2) is 34.2 Å². The van der Waals surface area contributed by atoms with E-state index in [1.165, 1.54) is 50.2 Å². The highest BCUT2D eigenvalue weighted by Crippen LogP contribution is 2.40. The molecule has 2 atom stereocenters. The first kappa shape index (κ1) is 12.7. The number of aryl methyl sites for hydroxylation is 1. The van der Waals surface area contributed by atoms with Crippen LogP contribution in [0.15, 0.2) is 6.20 Å². The molecule has 4 nitrogen and oxygen atoms in total. The fraction of sp³-hybridized carbons (Fsp3) is 0.812. The minimum absolute atomic E-state index is 0.679. The first-order valence-electron chi connectivity index (χ1n) is 8.32. The quantitative estimate of drug-likeness (QED) is 0.916. The summed E-state index contributed by atoms with van der Waals surface area (Å²) in [5.74, 6) is 1.24. The molecular weight excluding hydrogens is 248 g/mol. The molecule has 0 radical (unpaired) electrons. The van der Waals surface area contributed by atoms with Crippen LogP contribution in [0.25, 0.3) is 0 Å². The Morgan fingerprint density at radius 3 is 2.55 bits per heavy atom. The number of hydrogen-bond donors (Lipinski definition) is 1. The second-order valence-corrected chi connectivity index (χ2v) is 6.87. The molecule has 0 amide bonds. The standard InChI is InChI=1S/C16H26N4/c1-3-19(15-8-12-4-5-13(9-15)18-12)16-17-11(2)10-20(16)14-6-7-14/h10,12-15,18H,3-9H2,1-2H3. The predicted octanol–water partition coefficient (Wildman–Crippen LogP) is 2.64. The van der Waals surface area contributed by atoms with E-state index in [0.717, 1.165) is 24.7 Å². The molecule has 1 N–H and O–H groups in total. The monoisotopic (exact) mass is 274 g/mol. The number of piperidine rings is 1. The molecule has 1 aliphatic carbocycles. The third-order valence-electron chi connectivity index (χ3n) is 5.26. The lowest BCUT2D eigenvalue weighted by atomic mass is 9.98. The SMILES string of the molecule is CCN(c1nc(C)cn1C1CC1)C1CC2CCC(C1)N2. The van der Waals surface area contributed by atoms with Gasteiger partial charge in [-0.3, -0.25) is 0 Å². The van der Waals surface area contributed by atoms with E-state index in [2.05, 4.69) is 34.8 Å². The maximum absolute atomic E-state index is 4.86. The highest BCUT2D eigenvalue weighted by Gasteiger charge is 2.37. The normalized spacial score (nSPS) is 32.6. The summed E-state index contributed by atoms with van der Waals surface area (Å²) in [4.78, 5) is 7.44. The van der Waals surface area contributed by atoms with Crippen LogP contribution in [0.2, 0.25) is 0 Å². The van der Waals surface area contributed by atoms with Crippen LogP contribution in [0.5, 0.6) is 0 Å². The van der Waals surface area contributed by atoms with Gasteiger partial charge in [-0.15, -0.1) is 0 Å². The van der Waals surface area contributed by atoms with Gasteiger partial charge >= 0.3 is 0 Å². The summed E-state index contributed by atoms with van der Waals surface area (Å²) in [6.07, 6.45) is 10.2. The maximum Gasteiger partial charge on any atom is 0.206 e. The first-order valence-corrected chi connectivity index (χ1v) is 8.32. The molecule has 1 aromatic heterocycles. The van der Waals surface area contributed by atoms with Crippen molar-refractivity contribution in [2.45, 2.75) is 76.5 Å². The molecule has 4 heteroatoms. The average molecular weight is 274 g/mol. The Kier molecular flexibility index (Phi) is 3.02. The van der Waals surface area contributed by atoms with Gasteiger partial charge in [0, 0.05) is 36.9 Å². The molecule has 110 valence electrons. The number of nitrogens with zero attached hydrogens (tertiary/aromatic N) is 3. The molecule has 3 fully saturated rings. The molecule has 2 aliphatic heterocycles. The van der Waals surface area contributed by atoms with Crippen LogP contribution in [0.1, 0.15) is 57.2 Å². The van der Waals surface area contributed by atoms with Crippen LogP contribution in [0.3, 0.4) is 0 Å². The number of aromatic nitrogens is 2.